The van der Waals surface area contributed by atoms with E-state index in [0.29, 0.717) is 25.7 Å². The number of carbonyl (C=O) groups excluding carboxylic acids is 3. The summed E-state index contributed by atoms with van der Waals surface area (Å²) in [4.78, 5) is 58.7. The quantitative estimate of drug-likeness (QED) is 0.0146. The highest BCUT2D eigenvalue weighted by Crippen LogP contribution is 2.45. The van der Waals surface area contributed by atoms with E-state index >= 15 is 0 Å². The molecule has 0 rings (SSSR count). The Bertz CT molecular complexity index is 2740. The van der Waals surface area contributed by atoms with Crippen molar-refractivity contribution in [2.24, 2.45) is 0 Å². The Morgan fingerprint density at radius 3 is 0.790 bits per heavy atom. The number of phosphoric ester groups is 2. The zero-order chi connectivity index (χ0) is 76.6. The van der Waals surface area contributed by atoms with E-state index in [2.05, 4.69) is 209 Å². The van der Waals surface area contributed by atoms with Crippen LogP contribution in [0.1, 0.15) is 265 Å². The maximum absolute atomic E-state index is 13.0. The highest BCUT2D eigenvalue weighted by Gasteiger charge is 2.29. The van der Waals surface area contributed by atoms with Crippen LogP contribution in [0.5, 0.6) is 0 Å². The third-order valence-electron chi connectivity index (χ3n) is 15.5. The Balaban J connectivity index is 4.77. The van der Waals surface area contributed by atoms with Gasteiger partial charge in [-0.25, -0.2) is 9.13 Å². The second-order valence-electron chi connectivity index (χ2n) is 25.4. The van der Waals surface area contributed by atoms with Crippen molar-refractivity contribution in [2.75, 3.05) is 39.6 Å². The van der Waals surface area contributed by atoms with Crippen molar-refractivity contribution >= 4 is 33.6 Å². The molecule has 0 aliphatic carbocycles. The van der Waals surface area contributed by atoms with Crippen molar-refractivity contribution in [1.29, 1.82) is 0 Å². The van der Waals surface area contributed by atoms with Crippen LogP contribution in [0.25, 0.3) is 0 Å². The number of aliphatic hydroxyl groups excluding tert-OH is 2. The van der Waals surface area contributed by atoms with Gasteiger partial charge in [0.15, 0.2) is 6.10 Å². The van der Waals surface area contributed by atoms with Crippen LogP contribution >= 0.6 is 15.6 Å². The molecule has 592 valence electrons. The average Bonchev–Trinajstić information content (AvgIpc) is 0.923. The molecule has 5 atom stereocenters. The van der Waals surface area contributed by atoms with E-state index in [1.807, 2.05) is 18.2 Å². The van der Waals surface area contributed by atoms with E-state index in [4.69, 9.17) is 32.3 Å². The van der Waals surface area contributed by atoms with Gasteiger partial charge in [-0.2, -0.15) is 0 Å². The molecular weight excluding hydrogens is 1360 g/mol. The molecular formula is C87H138O16P2. The summed E-state index contributed by atoms with van der Waals surface area (Å²) in [5, 5.41) is 20.6. The molecule has 0 radical (unpaired) electrons. The minimum Gasteiger partial charge on any atom is -0.463 e. The Morgan fingerprint density at radius 2 is 0.495 bits per heavy atom. The van der Waals surface area contributed by atoms with Crippen LogP contribution in [0.4, 0.5) is 0 Å². The Morgan fingerprint density at radius 1 is 0.267 bits per heavy atom. The van der Waals surface area contributed by atoms with Crippen molar-refractivity contribution < 1.29 is 75.8 Å². The molecule has 5 unspecified atom stereocenters. The summed E-state index contributed by atoms with van der Waals surface area (Å²) in [5.41, 5.74) is 0. The second kappa shape index (κ2) is 77.7. The Hall–Kier alpha value is -5.87. The summed E-state index contributed by atoms with van der Waals surface area (Å²) in [6.45, 7) is 2.19. The summed E-state index contributed by atoms with van der Waals surface area (Å²) in [5.74, 6) is -1.71. The Kier molecular flexibility index (Phi) is 73.4. The third-order valence-corrected chi connectivity index (χ3v) is 17.4. The van der Waals surface area contributed by atoms with E-state index in [9.17, 15) is 43.5 Å². The monoisotopic (exact) mass is 1500 g/mol. The van der Waals surface area contributed by atoms with Gasteiger partial charge in [0.25, 0.3) is 0 Å². The molecule has 0 aliphatic rings. The molecule has 0 aromatic rings. The largest absolute Gasteiger partial charge is 0.472 e. The molecule has 0 aromatic carbocycles. The molecule has 0 saturated heterocycles. The van der Waals surface area contributed by atoms with Gasteiger partial charge in [-0.3, -0.25) is 32.5 Å². The molecule has 16 nitrogen and oxygen atoms in total. The first kappa shape index (κ1) is 99.1. The molecule has 0 spiro atoms. The van der Waals surface area contributed by atoms with Crippen LogP contribution in [0.2, 0.25) is 0 Å². The molecule has 4 N–H and O–H groups in total. The zero-order valence-corrected chi connectivity index (χ0v) is 66.3. The maximum Gasteiger partial charge on any atom is 0.472 e. The van der Waals surface area contributed by atoms with Gasteiger partial charge in [-0.15, -0.1) is 0 Å². The molecule has 0 bridgehead atoms. The van der Waals surface area contributed by atoms with Gasteiger partial charge in [0.1, 0.15) is 25.4 Å². The van der Waals surface area contributed by atoms with Gasteiger partial charge in [0, 0.05) is 19.3 Å². The number of hydrogen-bond acceptors (Lipinski definition) is 14. The van der Waals surface area contributed by atoms with Crippen LogP contribution in [-0.4, -0.2) is 95.9 Å². The summed E-state index contributed by atoms with van der Waals surface area (Å²) >= 11 is 0. The van der Waals surface area contributed by atoms with Crippen LogP contribution in [0, 0.1) is 0 Å². The normalized spacial score (nSPS) is 15.1. The van der Waals surface area contributed by atoms with E-state index in [0.717, 1.165) is 173 Å². The first-order valence-electron chi connectivity index (χ1n) is 39.4. The molecule has 0 heterocycles. The number of hydrogen-bond donors (Lipinski definition) is 4. The van der Waals surface area contributed by atoms with Gasteiger partial charge in [-0.1, -0.05) is 298 Å². The highest BCUT2D eigenvalue weighted by atomic mass is 31.2. The Labute approximate surface area is 635 Å². The number of aliphatic hydroxyl groups is 2. The maximum atomic E-state index is 13.0. The lowest BCUT2D eigenvalue weighted by molar-refractivity contribution is -0.161. The van der Waals surface area contributed by atoms with Crippen LogP contribution in [0.3, 0.4) is 0 Å². The van der Waals surface area contributed by atoms with Gasteiger partial charge < -0.3 is 34.2 Å². The molecule has 105 heavy (non-hydrogen) atoms. The predicted octanol–water partition coefficient (Wildman–Crippen LogP) is 23.3. The van der Waals surface area contributed by atoms with Crippen LogP contribution < -0.4 is 0 Å². The van der Waals surface area contributed by atoms with Crippen molar-refractivity contribution in [1.82, 2.24) is 0 Å². The standard InChI is InChI=1S/C87H138O16P2/c1-4-7-10-13-16-19-22-25-28-31-34-36-38-40-42-44-47-49-52-55-58-61-64-67-70-73-85(90)97-76-82(88)77-99-104(93,94)100-78-83(89)79-101-105(95,96)102-81-84(103-87(92)75-72-69-66-63-60-57-54-51-46-33-30-27-24-21-18-15-12-9-6-3)80-98-86(91)74-71-68-65-62-59-56-53-50-48-45-43-41-39-37-35-32-29-26-23-20-17-14-11-8-5-2/h7-12,16-21,25-30,34-37,40-43,46-47,49,51,57,60,66,69,82-84,88-89H,4-6,13-15,22-24,31-33,38-39,44-45,48,50,52-56,58-59,61-65,67-68,70-81H2,1-3H3,(H,93,94)(H,95,96)/b10-7-,11-8-,12-9-,19-16-,20-17-,21-18-,28-25-,29-26-,30-27-,36-34-,37-35-,42-40-,43-41-,49-47-,51-46-,60-57-,69-66-. The summed E-state index contributed by atoms with van der Waals surface area (Å²) in [6.07, 6.45) is 103. The van der Waals surface area contributed by atoms with Crippen molar-refractivity contribution in [3.63, 3.8) is 0 Å². The SMILES string of the molecule is CC/C=C\C/C=C\C/C=C\C/C=C\C/C=C\C/C=C\CCCCCCCCC(=O)OCC(O)COP(=O)(O)OCC(O)COP(=O)(O)OCC(COC(=O)CCCCCCCCCCC/C=C\C/C=C\C/C=C\C/C=C\C/C=C\CC)OC(=O)CC/C=C\C/C=C\C/C=C\C/C=C\C/C=C\C/C=C\CC. The summed E-state index contributed by atoms with van der Waals surface area (Å²) in [7, 11) is -9.84. The number of phosphoric acid groups is 2. The molecule has 0 amide bonds. The van der Waals surface area contributed by atoms with Crippen LogP contribution in [0.15, 0.2) is 207 Å². The van der Waals surface area contributed by atoms with E-state index < -0.39 is 91.5 Å². The number of ether oxygens (including phenoxy) is 3. The molecule has 18 heteroatoms. The zero-order valence-electron chi connectivity index (χ0n) is 64.6. The third kappa shape index (κ3) is 79.0. The number of carbonyl (C=O) groups is 3. The molecule has 0 fully saturated rings. The number of unbranched alkanes of at least 4 members (excludes halogenated alkanes) is 15. The number of allylic oxidation sites excluding steroid dienone is 34. The highest BCUT2D eigenvalue weighted by molar-refractivity contribution is 7.47. The lowest BCUT2D eigenvalue weighted by atomic mass is 10.1. The van der Waals surface area contributed by atoms with Crippen LogP contribution in [-0.2, 0) is 55.8 Å². The van der Waals surface area contributed by atoms with Gasteiger partial charge in [-0.05, 0) is 154 Å². The minimum atomic E-state index is -4.97. The molecule has 0 aliphatic heterocycles. The van der Waals surface area contributed by atoms with E-state index in [1.165, 1.54) is 25.7 Å². The van der Waals surface area contributed by atoms with Gasteiger partial charge in [0.2, 0.25) is 0 Å². The van der Waals surface area contributed by atoms with Gasteiger partial charge in [0.05, 0.1) is 26.4 Å². The van der Waals surface area contributed by atoms with Gasteiger partial charge >= 0.3 is 33.6 Å². The summed E-state index contributed by atoms with van der Waals surface area (Å²) in [6, 6.07) is 0. The fourth-order valence-electron chi connectivity index (χ4n) is 9.63. The fourth-order valence-corrected chi connectivity index (χ4v) is 11.2. The summed E-state index contributed by atoms with van der Waals surface area (Å²) < 4.78 is 61.1. The average molecular weight is 1500 g/mol. The van der Waals surface area contributed by atoms with E-state index in [-0.39, 0.29) is 19.3 Å². The lowest BCUT2D eigenvalue weighted by Gasteiger charge is -2.21. The molecule has 0 saturated carbocycles. The predicted molar refractivity (Wildman–Crippen MR) is 435 cm³/mol. The van der Waals surface area contributed by atoms with Crippen molar-refractivity contribution in [3.8, 4) is 0 Å². The second-order valence-corrected chi connectivity index (χ2v) is 28.3. The first-order chi connectivity index (χ1) is 51.2. The minimum absolute atomic E-state index is 0.0309. The topological polar surface area (TPSA) is 231 Å². The van der Waals surface area contributed by atoms with Crippen molar-refractivity contribution in [3.05, 3.63) is 207 Å². The fraction of sp³-hybridized carbons (Fsp3) is 0.575. The first-order valence-corrected chi connectivity index (χ1v) is 42.4. The smallest absolute Gasteiger partial charge is 0.463 e. The number of esters is 3. The number of rotatable bonds is 72. The van der Waals surface area contributed by atoms with Crippen molar-refractivity contribution in [2.45, 2.75) is 283 Å². The molecule has 0 aromatic heterocycles. The lowest BCUT2D eigenvalue weighted by Crippen LogP contribution is -2.29. The van der Waals surface area contributed by atoms with E-state index in [1.54, 1.807) is 0 Å².